The molecule has 0 amide bonds. The van der Waals surface area contributed by atoms with Crippen LogP contribution < -0.4 is 5.84 Å². The fraction of sp³-hybridized carbons (Fsp3) is 1.00. The van der Waals surface area contributed by atoms with Gasteiger partial charge >= 0.3 is 0 Å². The zero-order valence-electron chi connectivity index (χ0n) is 10.1. The van der Waals surface area contributed by atoms with Crippen molar-refractivity contribution in [3.63, 3.8) is 0 Å². The van der Waals surface area contributed by atoms with Gasteiger partial charge in [-0.2, -0.15) is 0 Å². The summed E-state index contributed by atoms with van der Waals surface area (Å²) in [5.74, 6) is 5.72. The number of morpholine rings is 1. The second-order valence-electron chi connectivity index (χ2n) is 3.92. The molecule has 4 heteroatoms. The van der Waals surface area contributed by atoms with E-state index in [9.17, 15) is 0 Å². The van der Waals surface area contributed by atoms with Gasteiger partial charge in [-0.3, -0.25) is 10.7 Å². The van der Waals surface area contributed by atoms with Gasteiger partial charge in [0.05, 0.1) is 13.2 Å². The number of nitrogens with zero attached hydrogens (tertiary/aromatic N) is 2. The van der Waals surface area contributed by atoms with Gasteiger partial charge in [-0.05, 0) is 12.8 Å². The van der Waals surface area contributed by atoms with Gasteiger partial charge in [0.2, 0.25) is 0 Å². The van der Waals surface area contributed by atoms with Gasteiger partial charge in [-0.1, -0.05) is 13.8 Å². The number of hydrogen-bond acceptors (Lipinski definition) is 4. The molecule has 0 aromatic rings. The number of piperidine rings is 1. The summed E-state index contributed by atoms with van der Waals surface area (Å²) in [4.78, 5) is 2.55. The molecular formula is C11H25N3O. The maximum Gasteiger partial charge on any atom is 0.0594 e. The molecule has 0 unspecified atom stereocenters. The molecule has 0 aromatic carbocycles. The average Bonchev–Trinajstić information content (AvgIpc) is 2.34. The van der Waals surface area contributed by atoms with E-state index in [1.807, 2.05) is 18.9 Å². The molecule has 0 atom stereocenters. The molecule has 2 rings (SSSR count). The summed E-state index contributed by atoms with van der Waals surface area (Å²) in [6.45, 7) is 10.1. The first-order valence-corrected chi connectivity index (χ1v) is 6.18. The van der Waals surface area contributed by atoms with Crippen molar-refractivity contribution in [1.29, 1.82) is 0 Å². The fourth-order valence-electron chi connectivity index (χ4n) is 2.19. The van der Waals surface area contributed by atoms with Crippen molar-refractivity contribution in [2.24, 2.45) is 5.84 Å². The molecule has 0 aromatic heterocycles. The molecule has 0 saturated carbocycles. The van der Waals surface area contributed by atoms with Crippen LogP contribution in [-0.2, 0) is 4.74 Å². The van der Waals surface area contributed by atoms with Crippen LogP contribution in [0.4, 0.5) is 0 Å². The predicted molar refractivity (Wildman–Crippen MR) is 62.5 cm³/mol. The fourth-order valence-corrected chi connectivity index (χ4v) is 2.19. The highest BCUT2D eigenvalue weighted by Gasteiger charge is 2.24. The van der Waals surface area contributed by atoms with E-state index in [4.69, 9.17) is 10.6 Å². The molecule has 0 bridgehead atoms. The van der Waals surface area contributed by atoms with Crippen molar-refractivity contribution in [3.8, 4) is 0 Å². The van der Waals surface area contributed by atoms with Crippen LogP contribution in [0, 0.1) is 0 Å². The van der Waals surface area contributed by atoms with Crippen molar-refractivity contribution in [1.82, 2.24) is 9.91 Å². The quantitative estimate of drug-likeness (QED) is 0.653. The Hall–Kier alpha value is -0.160. The van der Waals surface area contributed by atoms with Gasteiger partial charge in [0.25, 0.3) is 0 Å². The van der Waals surface area contributed by atoms with Crippen LogP contribution in [0.1, 0.15) is 26.7 Å². The van der Waals surface area contributed by atoms with E-state index in [-0.39, 0.29) is 0 Å². The summed E-state index contributed by atoms with van der Waals surface area (Å²) in [6.07, 6.45) is 2.44. The Morgan fingerprint density at radius 2 is 1.53 bits per heavy atom. The van der Waals surface area contributed by atoms with Crippen LogP contribution in [-0.4, -0.2) is 55.3 Å². The molecule has 0 aliphatic carbocycles. The lowest BCUT2D eigenvalue weighted by Gasteiger charge is -2.38. The Bertz CT molecular complexity index is 152. The van der Waals surface area contributed by atoms with Crippen molar-refractivity contribution in [2.75, 3.05) is 39.4 Å². The summed E-state index contributed by atoms with van der Waals surface area (Å²) < 4.78 is 5.33. The standard InChI is InChI=1S/C9H19N3O.C2H6/c10-12-3-1-9(2-4-12)11-5-7-13-8-6-11;1-2/h9H,1-8,10H2;1-2H3. The normalized spacial score (nSPS) is 25.8. The smallest absolute Gasteiger partial charge is 0.0594 e. The van der Waals surface area contributed by atoms with Gasteiger partial charge in [-0.25, -0.2) is 5.01 Å². The number of hydrogen-bond donors (Lipinski definition) is 1. The predicted octanol–water partition coefficient (Wildman–Crippen LogP) is 0.683. The third-order valence-corrected chi connectivity index (χ3v) is 3.06. The third kappa shape index (κ3) is 4.07. The van der Waals surface area contributed by atoms with Gasteiger partial charge in [0, 0.05) is 32.2 Å². The Labute approximate surface area is 93.3 Å². The monoisotopic (exact) mass is 215 g/mol. The topological polar surface area (TPSA) is 41.7 Å². The van der Waals surface area contributed by atoms with E-state index >= 15 is 0 Å². The summed E-state index contributed by atoms with van der Waals surface area (Å²) in [5, 5.41) is 1.93. The first kappa shape index (κ1) is 12.9. The molecule has 15 heavy (non-hydrogen) atoms. The van der Waals surface area contributed by atoms with Crippen LogP contribution in [0.2, 0.25) is 0 Å². The van der Waals surface area contributed by atoms with E-state index < -0.39 is 0 Å². The van der Waals surface area contributed by atoms with Crippen LogP contribution >= 0.6 is 0 Å². The largest absolute Gasteiger partial charge is 0.379 e. The summed E-state index contributed by atoms with van der Waals surface area (Å²) in [6, 6.07) is 0.753. The zero-order valence-corrected chi connectivity index (χ0v) is 10.1. The molecule has 2 aliphatic heterocycles. The maximum absolute atomic E-state index is 5.72. The Kier molecular flexibility index (Phi) is 6.17. The van der Waals surface area contributed by atoms with E-state index in [0.717, 1.165) is 45.4 Å². The minimum absolute atomic E-state index is 0.753. The SMILES string of the molecule is CC.NN1CCC(N2CCOCC2)CC1. The molecule has 0 radical (unpaired) electrons. The average molecular weight is 215 g/mol. The summed E-state index contributed by atoms with van der Waals surface area (Å²) >= 11 is 0. The molecule has 2 heterocycles. The molecule has 2 N–H and O–H groups in total. The Morgan fingerprint density at radius 3 is 2.07 bits per heavy atom. The van der Waals surface area contributed by atoms with Gasteiger partial charge in [0.15, 0.2) is 0 Å². The Balaban J connectivity index is 0.000000531. The summed E-state index contributed by atoms with van der Waals surface area (Å²) in [5.41, 5.74) is 0. The molecule has 2 fully saturated rings. The van der Waals surface area contributed by atoms with Crippen LogP contribution in [0.25, 0.3) is 0 Å². The van der Waals surface area contributed by atoms with E-state index in [0.29, 0.717) is 0 Å². The highest BCUT2D eigenvalue weighted by Crippen LogP contribution is 2.15. The Morgan fingerprint density at radius 1 is 1.00 bits per heavy atom. The second kappa shape index (κ2) is 7.17. The number of ether oxygens (including phenoxy) is 1. The summed E-state index contributed by atoms with van der Waals surface area (Å²) in [7, 11) is 0. The van der Waals surface area contributed by atoms with Gasteiger partial charge in [0.1, 0.15) is 0 Å². The lowest BCUT2D eigenvalue weighted by atomic mass is 10.0. The maximum atomic E-state index is 5.72. The minimum Gasteiger partial charge on any atom is -0.379 e. The third-order valence-electron chi connectivity index (χ3n) is 3.06. The number of nitrogens with two attached hydrogens (primary N) is 1. The van der Waals surface area contributed by atoms with Gasteiger partial charge in [-0.15, -0.1) is 0 Å². The highest BCUT2D eigenvalue weighted by molar-refractivity contribution is 4.79. The molecular weight excluding hydrogens is 190 g/mol. The molecule has 90 valence electrons. The van der Waals surface area contributed by atoms with Crippen molar-refractivity contribution >= 4 is 0 Å². The molecule has 0 spiro atoms. The van der Waals surface area contributed by atoms with Crippen molar-refractivity contribution in [3.05, 3.63) is 0 Å². The molecule has 2 saturated heterocycles. The lowest BCUT2D eigenvalue weighted by molar-refractivity contribution is 0.000853. The molecule has 2 aliphatic rings. The first-order valence-electron chi connectivity index (χ1n) is 6.18. The first-order chi connectivity index (χ1) is 7.36. The van der Waals surface area contributed by atoms with Crippen LogP contribution in [0.15, 0.2) is 0 Å². The van der Waals surface area contributed by atoms with Gasteiger partial charge < -0.3 is 4.74 Å². The van der Waals surface area contributed by atoms with Crippen molar-refractivity contribution in [2.45, 2.75) is 32.7 Å². The number of rotatable bonds is 1. The minimum atomic E-state index is 0.753. The lowest BCUT2D eigenvalue weighted by Crippen LogP contribution is -2.50. The van der Waals surface area contributed by atoms with Crippen molar-refractivity contribution < 1.29 is 4.74 Å². The highest BCUT2D eigenvalue weighted by atomic mass is 16.5. The zero-order chi connectivity index (χ0) is 11.1. The number of hydrazine groups is 1. The second-order valence-corrected chi connectivity index (χ2v) is 3.92. The van der Waals surface area contributed by atoms with Crippen LogP contribution in [0.5, 0.6) is 0 Å². The van der Waals surface area contributed by atoms with E-state index in [1.54, 1.807) is 0 Å². The van der Waals surface area contributed by atoms with E-state index in [1.165, 1.54) is 12.8 Å². The molecule has 4 nitrogen and oxygen atoms in total. The van der Waals surface area contributed by atoms with E-state index in [2.05, 4.69) is 4.90 Å². The van der Waals surface area contributed by atoms with Crippen LogP contribution in [0.3, 0.4) is 0 Å².